The first-order valence-electron chi connectivity index (χ1n) is 2.60. The summed E-state index contributed by atoms with van der Waals surface area (Å²) in [5.74, 6) is -0.464. The van der Waals surface area contributed by atoms with Crippen LogP contribution in [0, 0.1) is 6.92 Å². The molecule has 0 N–H and O–H groups in total. The molecule has 3 heteroatoms. The van der Waals surface area contributed by atoms with Crippen LogP contribution in [-0.2, 0) is 0 Å². The third kappa shape index (κ3) is 1.64. The summed E-state index contributed by atoms with van der Waals surface area (Å²) in [6.45, 7) is 4.98. The van der Waals surface area contributed by atoms with Crippen LogP contribution >= 0.6 is 15.9 Å². The fourth-order valence-electron chi connectivity index (χ4n) is 0.547. The molecule has 0 fully saturated rings. The monoisotopic (exact) mass is 197 g/mol. The second-order valence-corrected chi connectivity index (χ2v) is 2.67. The predicted octanol–water partition coefficient (Wildman–Crippen LogP) is 1.74. The maximum Gasteiger partial charge on any atom is 0.169 e. The van der Waals surface area contributed by atoms with Crippen LogP contribution < -0.4 is 0 Å². The molecular formula is C7H4BrNO. The molecule has 1 aromatic heterocycles. The van der Waals surface area contributed by atoms with Gasteiger partial charge in [-0.25, -0.2) is 0 Å². The Kier molecular flexibility index (Phi) is 2.17. The maximum atomic E-state index is 10.5. The van der Waals surface area contributed by atoms with Gasteiger partial charge in [0.15, 0.2) is 5.78 Å². The van der Waals surface area contributed by atoms with E-state index in [1.165, 1.54) is 6.20 Å². The molecule has 2 nitrogen and oxygen atoms in total. The highest BCUT2D eigenvalue weighted by Gasteiger charge is 1.98. The zero-order valence-corrected chi connectivity index (χ0v) is 6.63. The van der Waals surface area contributed by atoms with Gasteiger partial charge >= 0.3 is 0 Å². The van der Waals surface area contributed by atoms with Crippen molar-refractivity contribution in [3.05, 3.63) is 35.4 Å². The Labute approximate surface area is 67.4 Å². The van der Waals surface area contributed by atoms with Gasteiger partial charge in [0.2, 0.25) is 0 Å². The van der Waals surface area contributed by atoms with Crippen molar-refractivity contribution in [1.82, 2.24) is 4.98 Å². The van der Waals surface area contributed by atoms with Crippen molar-refractivity contribution in [3.63, 3.8) is 0 Å². The highest BCUT2D eigenvalue weighted by Crippen LogP contribution is 2.09. The summed E-state index contributed by atoms with van der Waals surface area (Å²) in [6, 6.07) is 1.62. The number of rotatable bonds is 1. The number of pyridine rings is 1. The smallest absolute Gasteiger partial charge is 0.169 e. The van der Waals surface area contributed by atoms with Crippen LogP contribution in [0.4, 0.5) is 0 Å². The van der Waals surface area contributed by atoms with Crippen molar-refractivity contribution < 1.29 is 4.79 Å². The van der Waals surface area contributed by atoms with Crippen LogP contribution in [-0.4, -0.2) is 10.8 Å². The zero-order valence-electron chi connectivity index (χ0n) is 5.04. The van der Waals surface area contributed by atoms with Gasteiger partial charge in [0, 0.05) is 29.4 Å². The molecule has 0 saturated carbocycles. The van der Waals surface area contributed by atoms with Crippen molar-refractivity contribution in [3.8, 4) is 0 Å². The quantitative estimate of drug-likeness (QED) is 0.643. The largest absolute Gasteiger partial charge is 0.294 e. The van der Waals surface area contributed by atoms with Gasteiger partial charge in [0.25, 0.3) is 0 Å². The number of aromatic nitrogens is 1. The third-order valence-electron chi connectivity index (χ3n) is 0.989. The molecule has 2 radical (unpaired) electrons. The summed E-state index contributed by atoms with van der Waals surface area (Å²) >= 11 is 3.16. The lowest BCUT2D eigenvalue weighted by Gasteiger charge is -1.92. The van der Waals surface area contributed by atoms with E-state index in [1.54, 1.807) is 12.3 Å². The van der Waals surface area contributed by atoms with Gasteiger partial charge in [0.05, 0.1) is 0 Å². The number of carbonyl (C=O) groups is 1. The number of hydrogen-bond donors (Lipinski definition) is 0. The lowest BCUT2D eigenvalue weighted by molar-refractivity contribution is 0.104. The Morgan fingerprint density at radius 3 is 2.70 bits per heavy atom. The van der Waals surface area contributed by atoms with E-state index < -0.39 is 5.78 Å². The van der Waals surface area contributed by atoms with E-state index in [2.05, 4.69) is 20.9 Å². The van der Waals surface area contributed by atoms with Gasteiger partial charge in [-0.1, -0.05) is 0 Å². The number of nitrogens with zero attached hydrogens (tertiary/aromatic N) is 1. The topological polar surface area (TPSA) is 30.0 Å². The molecule has 0 unspecified atom stereocenters. The molecule has 0 aromatic carbocycles. The first kappa shape index (κ1) is 7.41. The molecule has 0 aliphatic heterocycles. The van der Waals surface area contributed by atoms with E-state index >= 15 is 0 Å². The highest BCUT2D eigenvalue weighted by atomic mass is 79.9. The standard InChI is InChI=1S/C7H4BrNO/c1-5(10)6-2-7(8)4-9-3-6/h1-4H. The first-order valence-corrected chi connectivity index (χ1v) is 3.40. The molecule has 0 atom stereocenters. The number of ketones is 1. The summed E-state index contributed by atoms with van der Waals surface area (Å²) in [4.78, 5) is 14.3. The maximum absolute atomic E-state index is 10.5. The minimum absolute atomic E-state index is 0.411. The Hall–Kier alpha value is -0.700. The van der Waals surface area contributed by atoms with Crippen LogP contribution in [0.2, 0.25) is 0 Å². The van der Waals surface area contributed by atoms with Gasteiger partial charge in [-0.3, -0.25) is 9.78 Å². The van der Waals surface area contributed by atoms with Crippen LogP contribution in [0.5, 0.6) is 0 Å². The second kappa shape index (κ2) is 2.92. The molecule has 0 aliphatic rings. The summed E-state index contributed by atoms with van der Waals surface area (Å²) in [5, 5.41) is 0. The van der Waals surface area contributed by atoms with Gasteiger partial charge in [-0.15, -0.1) is 0 Å². The lowest BCUT2D eigenvalue weighted by atomic mass is 10.2. The number of halogens is 1. The van der Waals surface area contributed by atoms with Crippen LogP contribution in [0.1, 0.15) is 10.4 Å². The molecule has 0 bridgehead atoms. The second-order valence-electron chi connectivity index (χ2n) is 1.76. The van der Waals surface area contributed by atoms with E-state index in [-0.39, 0.29) is 0 Å². The van der Waals surface area contributed by atoms with E-state index in [0.29, 0.717) is 5.56 Å². The van der Waals surface area contributed by atoms with Gasteiger partial charge in [0.1, 0.15) is 0 Å². The van der Waals surface area contributed by atoms with Crippen molar-refractivity contribution in [2.75, 3.05) is 0 Å². The summed E-state index contributed by atoms with van der Waals surface area (Å²) in [6.07, 6.45) is 3.01. The Bertz CT molecular complexity index is 260. The van der Waals surface area contributed by atoms with Crippen molar-refractivity contribution in [1.29, 1.82) is 0 Å². The summed E-state index contributed by atoms with van der Waals surface area (Å²) in [7, 11) is 0. The number of hydrogen-bond acceptors (Lipinski definition) is 2. The SMILES string of the molecule is [CH]C(=O)c1cncc(Br)c1. The molecule has 1 heterocycles. The normalized spacial score (nSPS) is 9.40. The summed E-state index contributed by atoms with van der Waals surface area (Å²) < 4.78 is 0.754. The minimum Gasteiger partial charge on any atom is -0.294 e. The minimum atomic E-state index is -0.464. The molecule has 0 spiro atoms. The molecule has 0 aliphatic carbocycles. The average molecular weight is 198 g/mol. The molecule has 50 valence electrons. The average Bonchev–Trinajstić information content (AvgIpc) is 1.88. The van der Waals surface area contributed by atoms with Crippen LogP contribution in [0.25, 0.3) is 0 Å². The van der Waals surface area contributed by atoms with Crippen molar-refractivity contribution in [2.24, 2.45) is 0 Å². The first-order chi connectivity index (χ1) is 4.70. The Balaban J connectivity index is 3.07. The number of Topliss-reactive ketones (excluding diaryl/α,β-unsaturated/α-hetero) is 1. The molecule has 1 aromatic rings. The van der Waals surface area contributed by atoms with Crippen molar-refractivity contribution >= 4 is 21.7 Å². The number of carbonyl (C=O) groups excluding carboxylic acids is 1. The van der Waals surface area contributed by atoms with Gasteiger partial charge < -0.3 is 0 Å². The van der Waals surface area contributed by atoms with Crippen molar-refractivity contribution in [2.45, 2.75) is 0 Å². The molecule has 10 heavy (non-hydrogen) atoms. The van der Waals surface area contributed by atoms with Crippen LogP contribution in [0.3, 0.4) is 0 Å². The van der Waals surface area contributed by atoms with Gasteiger partial charge in [-0.2, -0.15) is 0 Å². The highest BCUT2D eigenvalue weighted by molar-refractivity contribution is 9.10. The lowest BCUT2D eigenvalue weighted by Crippen LogP contribution is -1.92. The van der Waals surface area contributed by atoms with Crippen LogP contribution in [0.15, 0.2) is 22.9 Å². The fraction of sp³-hybridized carbons (Fsp3) is 0. The molecule has 1 rings (SSSR count). The van der Waals surface area contributed by atoms with Gasteiger partial charge in [-0.05, 0) is 22.0 Å². The molecule has 0 amide bonds. The Morgan fingerprint density at radius 1 is 1.60 bits per heavy atom. The van der Waals surface area contributed by atoms with E-state index in [4.69, 9.17) is 6.92 Å². The van der Waals surface area contributed by atoms with E-state index in [0.717, 1.165) is 4.47 Å². The zero-order chi connectivity index (χ0) is 7.56. The third-order valence-corrected chi connectivity index (χ3v) is 1.42. The fourth-order valence-corrected chi connectivity index (χ4v) is 0.911. The molecular weight excluding hydrogens is 194 g/mol. The molecule has 0 saturated heterocycles. The predicted molar refractivity (Wildman–Crippen MR) is 40.6 cm³/mol. The summed E-state index contributed by atoms with van der Waals surface area (Å²) in [5.41, 5.74) is 0.411. The van der Waals surface area contributed by atoms with E-state index in [9.17, 15) is 4.79 Å². The van der Waals surface area contributed by atoms with E-state index in [1.807, 2.05) is 0 Å². The Morgan fingerprint density at radius 2 is 2.30 bits per heavy atom.